The van der Waals surface area contributed by atoms with Gasteiger partial charge in [-0.15, -0.1) is 0 Å². The summed E-state index contributed by atoms with van der Waals surface area (Å²) in [5.41, 5.74) is 0.886. The minimum Gasteiger partial charge on any atom is -0.497 e. The number of methoxy groups -OCH3 is 1. The van der Waals surface area contributed by atoms with Crippen LogP contribution in [0.15, 0.2) is 30.5 Å². The first-order valence-corrected chi connectivity index (χ1v) is 7.86. The molecule has 0 fully saturated rings. The molecule has 24 heavy (non-hydrogen) atoms. The molecule has 0 radical (unpaired) electrons. The van der Waals surface area contributed by atoms with Crippen LogP contribution in [0.5, 0.6) is 11.8 Å². The number of hydrogen-bond donors (Lipinski definition) is 2. The summed E-state index contributed by atoms with van der Waals surface area (Å²) >= 11 is 5.07. The van der Waals surface area contributed by atoms with Gasteiger partial charge in [0.1, 0.15) is 12.4 Å². The molecule has 2 N–H and O–H groups in total. The zero-order valence-corrected chi connectivity index (χ0v) is 14.3. The van der Waals surface area contributed by atoms with E-state index in [1.165, 1.54) is 0 Å². The van der Waals surface area contributed by atoms with Crippen molar-refractivity contribution in [2.75, 3.05) is 19.0 Å². The number of anilines is 1. The minimum atomic E-state index is -0.607. The Bertz CT molecular complexity index is 700. The third kappa shape index (κ3) is 5.31. The van der Waals surface area contributed by atoms with Crippen molar-refractivity contribution in [3.05, 3.63) is 41.8 Å². The average molecular weight is 350 g/mol. The molecule has 2 aromatic rings. The Balaban J connectivity index is 2.00. The molecule has 1 heterocycles. The van der Waals surface area contributed by atoms with Crippen molar-refractivity contribution in [3.8, 4) is 11.8 Å². The number of hydrogen-bond acceptors (Lipinski definition) is 5. The van der Waals surface area contributed by atoms with Crippen molar-refractivity contribution in [2.24, 2.45) is 0 Å². The molecule has 0 unspecified atom stereocenters. The highest BCUT2D eigenvalue weighted by molar-refractivity contribution is 7.80. The van der Waals surface area contributed by atoms with E-state index in [4.69, 9.17) is 21.7 Å². The maximum absolute atomic E-state index is 13.8. The first-order valence-electron chi connectivity index (χ1n) is 7.45. The highest BCUT2D eigenvalue weighted by atomic mass is 32.1. The average Bonchev–Trinajstić information content (AvgIpc) is 2.60. The fourth-order valence-electron chi connectivity index (χ4n) is 1.81. The van der Waals surface area contributed by atoms with Gasteiger partial charge in [0.15, 0.2) is 16.7 Å². The fraction of sp³-hybridized carbons (Fsp3) is 0.312. The highest BCUT2D eigenvalue weighted by Gasteiger charge is 2.09. The van der Waals surface area contributed by atoms with E-state index < -0.39 is 5.82 Å². The molecule has 0 saturated carbocycles. The molecular weight excluding hydrogens is 331 g/mol. The molecule has 0 saturated heterocycles. The van der Waals surface area contributed by atoms with Crippen LogP contribution in [0.4, 0.5) is 10.2 Å². The third-order valence-electron chi connectivity index (χ3n) is 2.99. The molecule has 6 nitrogen and oxygen atoms in total. The molecule has 0 aliphatic heterocycles. The Hall–Kier alpha value is -2.48. The van der Waals surface area contributed by atoms with Crippen LogP contribution in [-0.4, -0.2) is 28.7 Å². The summed E-state index contributed by atoms with van der Waals surface area (Å²) in [5, 5.41) is 5.93. The number of benzene rings is 1. The second-order valence-electron chi connectivity index (χ2n) is 4.87. The first-order chi connectivity index (χ1) is 11.6. The van der Waals surface area contributed by atoms with Gasteiger partial charge in [-0.2, -0.15) is 4.98 Å². The van der Waals surface area contributed by atoms with E-state index in [0.29, 0.717) is 11.7 Å². The number of nitrogens with one attached hydrogen (secondary N) is 2. The van der Waals surface area contributed by atoms with Gasteiger partial charge in [-0.3, -0.25) is 0 Å². The quantitative estimate of drug-likeness (QED) is 0.744. The molecule has 0 atom stereocenters. The summed E-state index contributed by atoms with van der Waals surface area (Å²) < 4.78 is 24.4. The molecule has 0 bridgehead atoms. The van der Waals surface area contributed by atoms with E-state index in [9.17, 15) is 4.39 Å². The van der Waals surface area contributed by atoms with Crippen LogP contribution >= 0.6 is 12.2 Å². The smallest absolute Gasteiger partial charge is 0.318 e. The van der Waals surface area contributed by atoms with Gasteiger partial charge in [-0.05, 0) is 36.3 Å². The van der Waals surface area contributed by atoms with Crippen LogP contribution in [0.25, 0.3) is 0 Å². The topological polar surface area (TPSA) is 68.3 Å². The van der Waals surface area contributed by atoms with Gasteiger partial charge in [0.25, 0.3) is 0 Å². The van der Waals surface area contributed by atoms with Gasteiger partial charge < -0.3 is 20.1 Å². The lowest BCUT2D eigenvalue weighted by Gasteiger charge is -2.11. The van der Waals surface area contributed by atoms with Crippen molar-refractivity contribution < 1.29 is 13.9 Å². The molecule has 0 aliphatic rings. The van der Waals surface area contributed by atoms with E-state index in [1.54, 1.807) is 7.11 Å². The summed E-state index contributed by atoms with van der Waals surface area (Å²) in [7, 11) is 1.59. The number of ether oxygens (including phenoxy) is 2. The van der Waals surface area contributed by atoms with E-state index in [-0.39, 0.29) is 18.4 Å². The predicted octanol–water partition coefficient (Wildman–Crippen LogP) is 2.90. The Kier molecular flexibility index (Phi) is 6.68. The van der Waals surface area contributed by atoms with Crippen LogP contribution < -0.4 is 20.1 Å². The maximum atomic E-state index is 13.8. The van der Waals surface area contributed by atoms with Gasteiger partial charge >= 0.3 is 6.01 Å². The van der Waals surface area contributed by atoms with E-state index in [2.05, 4.69) is 20.6 Å². The summed E-state index contributed by atoms with van der Waals surface area (Å²) in [6.07, 6.45) is 1.95. The Labute approximate surface area is 145 Å². The van der Waals surface area contributed by atoms with Crippen LogP contribution in [0.3, 0.4) is 0 Å². The third-order valence-corrected chi connectivity index (χ3v) is 3.24. The molecule has 1 aromatic heterocycles. The summed E-state index contributed by atoms with van der Waals surface area (Å²) in [4.78, 5) is 7.82. The van der Waals surface area contributed by atoms with Crippen molar-refractivity contribution in [1.82, 2.24) is 15.3 Å². The standard InChI is InChI=1S/C16H19FN4O2S/c1-3-7-18-16(24)21-14-13(17)9-19-15(20-14)23-10-11-5-4-6-12(8-11)22-2/h4-6,8-9H,3,7,10H2,1-2H3,(H2,18,19,20,21,24). The fourth-order valence-corrected chi connectivity index (χ4v) is 2.01. The van der Waals surface area contributed by atoms with Crippen LogP contribution in [-0.2, 0) is 6.61 Å². The Morgan fingerprint density at radius 2 is 2.21 bits per heavy atom. The molecular formula is C16H19FN4O2S. The normalized spacial score (nSPS) is 10.1. The minimum absolute atomic E-state index is 0.0285. The van der Waals surface area contributed by atoms with Gasteiger partial charge in [0.05, 0.1) is 13.3 Å². The zero-order chi connectivity index (χ0) is 17.4. The maximum Gasteiger partial charge on any atom is 0.318 e. The predicted molar refractivity (Wildman–Crippen MR) is 93.8 cm³/mol. The van der Waals surface area contributed by atoms with Crippen molar-refractivity contribution in [1.29, 1.82) is 0 Å². The van der Waals surface area contributed by atoms with Crippen LogP contribution in [0.1, 0.15) is 18.9 Å². The Morgan fingerprint density at radius 1 is 1.38 bits per heavy atom. The van der Waals surface area contributed by atoms with Crippen LogP contribution in [0.2, 0.25) is 0 Å². The summed E-state index contributed by atoms with van der Waals surface area (Å²) in [6, 6.07) is 7.47. The van der Waals surface area contributed by atoms with E-state index in [1.807, 2.05) is 31.2 Å². The SMILES string of the molecule is CCCNC(=S)Nc1nc(OCc2cccc(OC)c2)ncc1F. The molecule has 1 aromatic carbocycles. The molecule has 8 heteroatoms. The van der Waals surface area contributed by atoms with Gasteiger partial charge in [-0.1, -0.05) is 19.1 Å². The van der Waals surface area contributed by atoms with Gasteiger partial charge in [0, 0.05) is 6.54 Å². The first kappa shape index (κ1) is 17.9. The number of aromatic nitrogens is 2. The second kappa shape index (κ2) is 8.97. The number of thiocarbonyl (C=S) groups is 1. The van der Waals surface area contributed by atoms with Crippen LogP contribution in [0, 0.1) is 5.82 Å². The summed E-state index contributed by atoms with van der Waals surface area (Å²) in [6.45, 7) is 2.93. The number of halogens is 1. The molecule has 0 aliphatic carbocycles. The van der Waals surface area contributed by atoms with Gasteiger partial charge in [0.2, 0.25) is 0 Å². The molecule has 2 rings (SSSR count). The molecule has 0 spiro atoms. The second-order valence-corrected chi connectivity index (χ2v) is 5.28. The van der Waals surface area contributed by atoms with E-state index in [0.717, 1.165) is 23.9 Å². The van der Waals surface area contributed by atoms with E-state index >= 15 is 0 Å². The zero-order valence-electron chi connectivity index (χ0n) is 13.5. The largest absolute Gasteiger partial charge is 0.497 e. The lowest BCUT2D eigenvalue weighted by molar-refractivity contribution is 0.279. The monoisotopic (exact) mass is 350 g/mol. The highest BCUT2D eigenvalue weighted by Crippen LogP contribution is 2.16. The Morgan fingerprint density at radius 3 is 2.96 bits per heavy atom. The lowest BCUT2D eigenvalue weighted by atomic mass is 10.2. The van der Waals surface area contributed by atoms with Crippen molar-refractivity contribution in [3.63, 3.8) is 0 Å². The molecule has 128 valence electrons. The lowest BCUT2D eigenvalue weighted by Crippen LogP contribution is -2.29. The van der Waals surface area contributed by atoms with Crippen molar-refractivity contribution in [2.45, 2.75) is 20.0 Å². The number of rotatable bonds is 7. The summed E-state index contributed by atoms with van der Waals surface area (Å²) in [5.74, 6) is 0.0921. The molecule has 0 amide bonds. The van der Waals surface area contributed by atoms with Gasteiger partial charge in [-0.25, -0.2) is 9.37 Å². The number of nitrogens with zero attached hydrogens (tertiary/aromatic N) is 2. The van der Waals surface area contributed by atoms with Crippen molar-refractivity contribution >= 4 is 23.1 Å².